The van der Waals surface area contributed by atoms with Crippen LogP contribution in [-0.4, -0.2) is 0 Å². The van der Waals surface area contributed by atoms with Crippen LogP contribution in [0.1, 0.15) is 16.7 Å². The van der Waals surface area contributed by atoms with Gasteiger partial charge < -0.3 is 5.73 Å². The third-order valence-corrected chi connectivity index (χ3v) is 4.00. The maximum absolute atomic E-state index is 13.9. The van der Waals surface area contributed by atoms with Gasteiger partial charge in [-0.25, -0.2) is 4.39 Å². The Hall–Kier alpha value is -1.99. The van der Waals surface area contributed by atoms with Crippen molar-refractivity contribution in [2.24, 2.45) is 0 Å². The molecule has 2 aromatic carbocycles. The third kappa shape index (κ3) is 3.07. The SMILES string of the molecule is Cc1ccc(N)cc1SCc1cccc(C#N)c1F. The Morgan fingerprint density at radius 2 is 2.11 bits per heavy atom. The molecule has 0 atom stereocenters. The molecule has 0 heterocycles. The quantitative estimate of drug-likeness (QED) is 0.681. The van der Waals surface area contributed by atoms with E-state index in [9.17, 15) is 4.39 Å². The van der Waals surface area contributed by atoms with Crippen LogP contribution < -0.4 is 5.73 Å². The largest absolute Gasteiger partial charge is 0.399 e. The number of nitrogen functional groups attached to an aromatic ring is 1. The molecule has 19 heavy (non-hydrogen) atoms. The van der Waals surface area contributed by atoms with E-state index in [4.69, 9.17) is 11.0 Å². The van der Waals surface area contributed by atoms with Gasteiger partial charge in [-0.2, -0.15) is 5.26 Å². The number of thioether (sulfide) groups is 1. The van der Waals surface area contributed by atoms with Crippen LogP contribution in [0.15, 0.2) is 41.3 Å². The van der Waals surface area contributed by atoms with E-state index in [2.05, 4.69) is 0 Å². The minimum atomic E-state index is -0.431. The van der Waals surface area contributed by atoms with Crippen molar-refractivity contribution in [3.8, 4) is 6.07 Å². The molecular formula is C15H13FN2S. The second kappa shape index (κ2) is 5.77. The molecule has 2 aromatic rings. The van der Waals surface area contributed by atoms with Crippen molar-refractivity contribution < 1.29 is 4.39 Å². The first-order valence-electron chi connectivity index (χ1n) is 5.78. The van der Waals surface area contributed by atoms with E-state index < -0.39 is 5.82 Å². The van der Waals surface area contributed by atoms with Gasteiger partial charge in [-0.3, -0.25) is 0 Å². The number of hydrogen-bond acceptors (Lipinski definition) is 3. The average Bonchev–Trinajstić information content (AvgIpc) is 2.41. The van der Waals surface area contributed by atoms with E-state index >= 15 is 0 Å². The fourth-order valence-electron chi connectivity index (χ4n) is 1.71. The molecule has 0 saturated carbocycles. The molecule has 2 N–H and O–H groups in total. The summed E-state index contributed by atoms with van der Waals surface area (Å²) in [4.78, 5) is 1.03. The zero-order valence-corrected chi connectivity index (χ0v) is 11.3. The van der Waals surface area contributed by atoms with Gasteiger partial charge in [0.05, 0.1) is 5.56 Å². The van der Waals surface area contributed by atoms with E-state index in [1.807, 2.05) is 31.2 Å². The lowest BCUT2D eigenvalue weighted by atomic mass is 10.1. The molecule has 0 aromatic heterocycles. The Morgan fingerprint density at radius 3 is 2.84 bits per heavy atom. The first-order chi connectivity index (χ1) is 9.11. The van der Waals surface area contributed by atoms with E-state index in [1.54, 1.807) is 12.1 Å². The molecular weight excluding hydrogens is 259 g/mol. The van der Waals surface area contributed by atoms with Crippen LogP contribution in [0.25, 0.3) is 0 Å². The van der Waals surface area contributed by atoms with Gasteiger partial charge in [0.25, 0.3) is 0 Å². The van der Waals surface area contributed by atoms with Gasteiger partial charge in [0.15, 0.2) is 0 Å². The van der Waals surface area contributed by atoms with E-state index in [1.165, 1.54) is 17.8 Å². The molecule has 0 radical (unpaired) electrons. The van der Waals surface area contributed by atoms with Crippen molar-refractivity contribution >= 4 is 17.4 Å². The predicted octanol–water partition coefficient (Wildman–Crippen LogP) is 3.88. The van der Waals surface area contributed by atoms with Crippen LogP contribution in [0.4, 0.5) is 10.1 Å². The van der Waals surface area contributed by atoms with Crippen LogP contribution in [0.3, 0.4) is 0 Å². The van der Waals surface area contributed by atoms with Gasteiger partial charge in [-0.1, -0.05) is 18.2 Å². The van der Waals surface area contributed by atoms with Crippen LogP contribution in [-0.2, 0) is 5.75 Å². The molecule has 0 unspecified atom stereocenters. The van der Waals surface area contributed by atoms with E-state index in [0.29, 0.717) is 17.0 Å². The van der Waals surface area contributed by atoms with Crippen molar-refractivity contribution in [3.63, 3.8) is 0 Å². The van der Waals surface area contributed by atoms with Gasteiger partial charge in [0, 0.05) is 16.3 Å². The van der Waals surface area contributed by atoms with Crippen molar-refractivity contribution in [1.82, 2.24) is 0 Å². The highest BCUT2D eigenvalue weighted by molar-refractivity contribution is 7.98. The topological polar surface area (TPSA) is 49.8 Å². The fraction of sp³-hybridized carbons (Fsp3) is 0.133. The smallest absolute Gasteiger partial charge is 0.144 e. The molecule has 0 amide bonds. The number of nitrogens with zero attached hydrogens (tertiary/aromatic N) is 1. The second-order valence-electron chi connectivity index (χ2n) is 4.20. The number of nitriles is 1. The van der Waals surface area contributed by atoms with Crippen LogP contribution in [0, 0.1) is 24.1 Å². The van der Waals surface area contributed by atoms with Crippen molar-refractivity contribution in [1.29, 1.82) is 5.26 Å². The first kappa shape index (κ1) is 13.4. The van der Waals surface area contributed by atoms with Crippen molar-refractivity contribution in [3.05, 3.63) is 58.9 Å². The summed E-state index contributed by atoms with van der Waals surface area (Å²) in [6, 6.07) is 12.4. The molecule has 0 fully saturated rings. The van der Waals surface area contributed by atoms with E-state index in [-0.39, 0.29) is 5.56 Å². The van der Waals surface area contributed by atoms with E-state index in [0.717, 1.165) is 10.5 Å². The summed E-state index contributed by atoms with van der Waals surface area (Å²) in [7, 11) is 0. The van der Waals surface area contributed by atoms with Crippen LogP contribution in [0.5, 0.6) is 0 Å². The lowest BCUT2D eigenvalue weighted by molar-refractivity contribution is 0.613. The second-order valence-corrected chi connectivity index (χ2v) is 5.22. The number of benzene rings is 2. The van der Waals surface area contributed by atoms with Gasteiger partial charge in [0.1, 0.15) is 11.9 Å². The molecule has 0 aliphatic rings. The Morgan fingerprint density at radius 1 is 1.32 bits per heavy atom. The molecule has 0 spiro atoms. The maximum atomic E-state index is 13.9. The van der Waals surface area contributed by atoms with Crippen molar-refractivity contribution in [2.45, 2.75) is 17.6 Å². The normalized spacial score (nSPS) is 10.2. The summed E-state index contributed by atoms with van der Waals surface area (Å²) in [5.41, 5.74) is 8.16. The minimum Gasteiger partial charge on any atom is -0.399 e. The van der Waals surface area contributed by atoms with Crippen LogP contribution >= 0.6 is 11.8 Å². The molecule has 4 heteroatoms. The van der Waals surface area contributed by atoms with Gasteiger partial charge in [-0.15, -0.1) is 11.8 Å². The zero-order valence-electron chi connectivity index (χ0n) is 10.5. The Labute approximate surface area is 116 Å². The number of nitrogens with two attached hydrogens (primary N) is 1. The Kier molecular flexibility index (Phi) is 4.08. The first-order valence-corrected chi connectivity index (χ1v) is 6.77. The highest BCUT2D eigenvalue weighted by atomic mass is 32.2. The molecule has 2 rings (SSSR count). The summed E-state index contributed by atoms with van der Waals surface area (Å²) in [5, 5.41) is 8.80. The number of halogens is 1. The molecule has 0 aliphatic carbocycles. The molecule has 96 valence electrons. The van der Waals surface area contributed by atoms with Crippen molar-refractivity contribution in [2.75, 3.05) is 5.73 Å². The van der Waals surface area contributed by atoms with Gasteiger partial charge in [0.2, 0.25) is 0 Å². The third-order valence-electron chi connectivity index (χ3n) is 2.79. The molecule has 0 aliphatic heterocycles. The lowest BCUT2D eigenvalue weighted by Crippen LogP contribution is -1.93. The molecule has 0 bridgehead atoms. The zero-order chi connectivity index (χ0) is 13.8. The van der Waals surface area contributed by atoms with Crippen LogP contribution in [0.2, 0.25) is 0 Å². The number of hydrogen-bond donors (Lipinski definition) is 1. The fourth-order valence-corrected chi connectivity index (χ4v) is 2.75. The minimum absolute atomic E-state index is 0.0856. The predicted molar refractivity (Wildman–Crippen MR) is 76.3 cm³/mol. The number of rotatable bonds is 3. The molecule has 0 saturated heterocycles. The number of aryl methyl sites for hydroxylation is 1. The summed E-state index contributed by atoms with van der Waals surface area (Å²) < 4.78 is 13.9. The van der Waals surface area contributed by atoms with Gasteiger partial charge >= 0.3 is 0 Å². The maximum Gasteiger partial charge on any atom is 0.144 e. The highest BCUT2D eigenvalue weighted by Crippen LogP contribution is 2.29. The number of anilines is 1. The Bertz CT molecular complexity index is 647. The lowest BCUT2D eigenvalue weighted by Gasteiger charge is -2.08. The van der Waals surface area contributed by atoms with Gasteiger partial charge in [-0.05, 0) is 36.2 Å². The molecule has 2 nitrogen and oxygen atoms in total. The summed E-state index contributed by atoms with van der Waals surface area (Å²) in [5.74, 6) is 0.0464. The highest BCUT2D eigenvalue weighted by Gasteiger charge is 2.08. The summed E-state index contributed by atoms with van der Waals surface area (Å²) in [6.07, 6.45) is 0. The average molecular weight is 272 g/mol. The standard InChI is InChI=1S/C15H13FN2S/c1-10-5-6-13(18)7-14(10)19-9-12-4-2-3-11(8-17)15(12)16/h2-7H,9,18H2,1H3. The Balaban J connectivity index is 2.20. The monoisotopic (exact) mass is 272 g/mol. The summed E-state index contributed by atoms with van der Waals surface area (Å²) >= 11 is 1.52. The summed E-state index contributed by atoms with van der Waals surface area (Å²) in [6.45, 7) is 1.99.